The molecule has 3 unspecified atom stereocenters. The second kappa shape index (κ2) is 56.5. The zero-order chi connectivity index (χ0) is 56.4. The molecule has 446 valence electrons. The molecule has 2 N–H and O–H groups in total. The molecule has 0 fully saturated rings. The van der Waals surface area contributed by atoms with Crippen molar-refractivity contribution in [2.24, 2.45) is 0 Å². The Balaban J connectivity index is 5.19. The number of likely N-dealkylation sites (N-methyl/N-ethyl adjacent to an activating group) is 1. The maximum Gasteiger partial charge on any atom is 0.472 e. The minimum atomic E-state index is -4.45. The van der Waals surface area contributed by atoms with Gasteiger partial charge in [0.2, 0.25) is 5.91 Å². The Hall–Kier alpha value is -2.81. The van der Waals surface area contributed by atoms with Crippen LogP contribution >= 0.6 is 7.82 Å². The van der Waals surface area contributed by atoms with Gasteiger partial charge in [0.15, 0.2) is 0 Å². The van der Waals surface area contributed by atoms with Gasteiger partial charge in [-0.25, -0.2) is 4.57 Å². The van der Waals surface area contributed by atoms with Gasteiger partial charge in [0.25, 0.3) is 0 Å². The van der Waals surface area contributed by atoms with Crippen LogP contribution in [-0.2, 0) is 27.9 Å². The van der Waals surface area contributed by atoms with Crippen LogP contribution in [0.25, 0.3) is 0 Å². The van der Waals surface area contributed by atoms with Gasteiger partial charge in [0, 0.05) is 12.8 Å². The van der Waals surface area contributed by atoms with Crippen LogP contribution in [0.2, 0.25) is 0 Å². The monoisotopic (exact) mass is 1100 g/mol. The van der Waals surface area contributed by atoms with Crippen molar-refractivity contribution in [2.45, 2.75) is 290 Å². The van der Waals surface area contributed by atoms with Gasteiger partial charge in [-0.1, -0.05) is 267 Å². The van der Waals surface area contributed by atoms with E-state index in [9.17, 15) is 19.0 Å². The Morgan fingerprint density at radius 2 is 0.831 bits per heavy atom. The van der Waals surface area contributed by atoms with E-state index in [1.165, 1.54) is 122 Å². The zero-order valence-corrected chi connectivity index (χ0v) is 51.8. The fraction of sp³-hybridized carbons (Fsp3) is 0.761. The lowest BCUT2D eigenvalue weighted by molar-refractivity contribution is -0.870. The van der Waals surface area contributed by atoms with E-state index in [2.05, 4.69) is 99.0 Å². The van der Waals surface area contributed by atoms with E-state index in [0.717, 1.165) is 122 Å². The van der Waals surface area contributed by atoms with Gasteiger partial charge in [-0.05, 0) is 83.1 Å². The number of nitrogens with zero attached hydrogens (tertiary/aromatic N) is 1. The van der Waals surface area contributed by atoms with Gasteiger partial charge in [-0.2, -0.15) is 0 Å². The molecule has 0 rings (SSSR count). The second-order valence-corrected chi connectivity index (χ2v) is 24.0. The molecule has 10 heteroatoms. The lowest BCUT2D eigenvalue weighted by atomic mass is 10.0. The summed E-state index contributed by atoms with van der Waals surface area (Å²) < 4.78 is 30.7. The summed E-state index contributed by atoms with van der Waals surface area (Å²) in [5, 5.41) is 3.05. The second-order valence-electron chi connectivity index (χ2n) is 22.6. The molecule has 0 aromatic rings. The third-order valence-corrected chi connectivity index (χ3v) is 14.8. The highest BCUT2D eigenvalue weighted by Crippen LogP contribution is 2.43. The van der Waals surface area contributed by atoms with Crippen molar-refractivity contribution in [1.82, 2.24) is 5.32 Å². The molecular formula is C67H122N2O7P+. The Morgan fingerprint density at radius 1 is 0.468 bits per heavy atom. The van der Waals surface area contributed by atoms with Crippen molar-refractivity contribution >= 4 is 19.7 Å². The van der Waals surface area contributed by atoms with Crippen LogP contribution in [0.3, 0.4) is 0 Å². The van der Waals surface area contributed by atoms with Gasteiger partial charge in [-0.3, -0.25) is 18.6 Å². The molecule has 0 aliphatic rings. The minimum Gasteiger partial charge on any atom is -0.456 e. The van der Waals surface area contributed by atoms with Gasteiger partial charge in [0.05, 0.1) is 33.8 Å². The largest absolute Gasteiger partial charge is 0.472 e. The van der Waals surface area contributed by atoms with Crippen molar-refractivity contribution in [3.8, 4) is 0 Å². The molecule has 0 heterocycles. The van der Waals surface area contributed by atoms with Crippen molar-refractivity contribution in [3.63, 3.8) is 0 Å². The average Bonchev–Trinajstić information content (AvgIpc) is 3.39. The van der Waals surface area contributed by atoms with E-state index < -0.39 is 20.0 Å². The first-order valence-electron chi connectivity index (χ1n) is 31.9. The fourth-order valence-corrected chi connectivity index (χ4v) is 9.68. The van der Waals surface area contributed by atoms with Crippen molar-refractivity contribution < 1.29 is 37.3 Å². The molecule has 3 atom stereocenters. The molecule has 1 amide bonds. The summed E-state index contributed by atoms with van der Waals surface area (Å²) >= 11 is 0. The maximum absolute atomic E-state index is 13.6. The molecule has 9 nitrogen and oxygen atoms in total. The van der Waals surface area contributed by atoms with Gasteiger partial charge >= 0.3 is 13.8 Å². The normalized spacial score (nSPS) is 14.2. The topological polar surface area (TPSA) is 111 Å². The maximum atomic E-state index is 13.6. The molecule has 0 aromatic heterocycles. The molecule has 0 aliphatic heterocycles. The Labute approximate surface area is 476 Å². The number of allylic oxidation sites excluding steroid dienone is 13. The summed E-state index contributed by atoms with van der Waals surface area (Å²) in [6.45, 7) is 6.89. The van der Waals surface area contributed by atoms with Crippen molar-refractivity contribution in [2.75, 3.05) is 40.9 Å². The first-order valence-corrected chi connectivity index (χ1v) is 33.4. The highest BCUT2D eigenvalue weighted by molar-refractivity contribution is 7.47. The zero-order valence-electron chi connectivity index (χ0n) is 50.9. The van der Waals surface area contributed by atoms with E-state index in [-0.39, 0.29) is 31.5 Å². The molecule has 0 radical (unpaired) electrons. The van der Waals surface area contributed by atoms with Crippen molar-refractivity contribution in [3.05, 3.63) is 85.1 Å². The van der Waals surface area contributed by atoms with Gasteiger partial charge < -0.3 is 19.4 Å². The number of carbonyl (C=O) groups excluding carboxylic acids is 2. The third kappa shape index (κ3) is 57.7. The van der Waals surface area contributed by atoms with E-state index in [1.54, 1.807) is 0 Å². The van der Waals surface area contributed by atoms with E-state index in [1.807, 2.05) is 33.3 Å². The van der Waals surface area contributed by atoms with Crippen LogP contribution in [0.15, 0.2) is 85.1 Å². The van der Waals surface area contributed by atoms with Gasteiger partial charge in [-0.15, -0.1) is 0 Å². The molecule has 0 saturated heterocycles. The van der Waals surface area contributed by atoms with Crippen LogP contribution in [0, 0.1) is 0 Å². The van der Waals surface area contributed by atoms with Crippen LogP contribution in [0.1, 0.15) is 278 Å². The number of unbranched alkanes of at least 4 members (excludes halogenated alkanes) is 29. The summed E-state index contributed by atoms with van der Waals surface area (Å²) in [7, 11) is 1.48. The number of phosphoric ester groups is 1. The summed E-state index contributed by atoms with van der Waals surface area (Å²) in [6.07, 6.45) is 74.3. The van der Waals surface area contributed by atoms with Crippen LogP contribution in [0.5, 0.6) is 0 Å². The quantitative estimate of drug-likeness (QED) is 0.0205. The van der Waals surface area contributed by atoms with Crippen LogP contribution in [0.4, 0.5) is 0 Å². The number of rotatable bonds is 57. The number of amides is 1. The predicted octanol–water partition coefficient (Wildman–Crippen LogP) is 19.8. The molecular weight excluding hydrogens is 976 g/mol. The highest BCUT2D eigenvalue weighted by Gasteiger charge is 2.30. The number of ether oxygens (including phenoxy) is 1. The number of quaternary nitrogens is 1. The van der Waals surface area contributed by atoms with Gasteiger partial charge in [0.1, 0.15) is 19.3 Å². The number of carbonyl (C=O) groups is 2. The number of phosphoric acid groups is 1. The molecule has 77 heavy (non-hydrogen) atoms. The molecule has 0 aromatic carbocycles. The number of nitrogens with one attached hydrogen (secondary N) is 1. The number of hydrogen-bond acceptors (Lipinski definition) is 6. The summed E-state index contributed by atoms with van der Waals surface area (Å²) in [5.74, 6) is -0.518. The summed E-state index contributed by atoms with van der Waals surface area (Å²) in [5.41, 5.74) is 0. The minimum absolute atomic E-state index is 0.0349. The number of esters is 1. The SMILES string of the molecule is CC/C=C\C/C=C\C/C=C\C/C=C\C/C=C\C/C=C\CCCCCCCCC(=O)NC(COP(=O)(O)OCC[N+](C)(C)C)C(/C=C\CCCCCCCCCCCC)OC(=O)CCCCCCCCCCCCCCCC. The summed E-state index contributed by atoms with van der Waals surface area (Å²) in [4.78, 5) is 37.7. The standard InChI is InChI=1S/C67H121N2O7P/c1-7-10-13-16-19-22-25-28-30-31-32-33-34-35-36-37-38-39-40-41-44-47-50-53-56-59-66(70)68-64(63-75-77(72,73)74-62-61-69(4,5)6)65(58-55-52-49-46-43-27-24-21-18-15-12-9-3)76-67(71)60-57-54-51-48-45-42-29-26-23-20-17-14-11-8-2/h10,13,19,22,28,30,32-33,35-36,38-39,55,58,64-65H,7-9,11-12,14-18,20-21,23-27,29,31,34,37,40-54,56-57,59-63H2,1-6H3,(H-,68,70,72,73)/p+1/b13-10-,22-19-,30-28-,33-32-,36-35-,39-38-,58-55-. The molecule has 0 aliphatic carbocycles. The first-order chi connectivity index (χ1) is 37.4. The van der Waals surface area contributed by atoms with Crippen molar-refractivity contribution in [1.29, 1.82) is 0 Å². The summed E-state index contributed by atoms with van der Waals surface area (Å²) in [6, 6.07) is -0.858. The lowest BCUT2D eigenvalue weighted by Gasteiger charge is -2.27. The molecule has 0 saturated carbocycles. The Kier molecular flexibility index (Phi) is 54.4. The molecule has 0 bridgehead atoms. The van der Waals surface area contributed by atoms with E-state index >= 15 is 0 Å². The van der Waals surface area contributed by atoms with Crippen LogP contribution < -0.4 is 5.32 Å². The molecule has 0 spiro atoms. The highest BCUT2D eigenvalue weighted by atomic mass is 31.2. The third-order valence-electron chi connectivity index (χ3n) is 13.8. The van der Waals surface area contributed by atoms with Crippen LogP contribution in [-0.4, -0.2) is 74.3 Å². The smallest absolute Gasteiger partial charge is 0.456 e. The van der Waals surface area contributed by atoms with E-state index in [0.29, 0.717) is 17.4 Å². The Bertz CT molecular complexity index is 1590. The number of hydrogen-bond donors (Lipinski definition) is 2. The predicted molar refractivity (Wildman–Crippen MR) is 332 cm³/mol. The van der Waals surface area contributed by atoms with E-state index in [4.69, 9.17) is 13.8 Å². The lowest BCUT2D eigenvalue weighted by Crippen LogP contribution is -2.47. The first kappa shape index (κ1) is 74.2. The Morgan fingerprint density at radius 3 is 1.25 bits per heavy atom. The fourth-order valence-electron chi connectivity index (χ4n) is 8.94. The average molecular weight is 1100 g/mol.